The first-order chi connectivity index (χ1) is 12.3. The predicted octanol–water partition coefficient (Wildman–Crippen LogP) is 1.35. The molecule has 0 aliphatic rings. The summed E-state index contributed by atoms with van der Waals surface area (Å²) in [5.41, 5.74) is 1.36. The molecule has 2 aromatic rings. The molecule has 0 atom stereocenters. The minimum atomic E-state index is -3.72. The number of sulfonamides is 1. The van der Waals surface area contributed by atoms with E-state index in [1.807, 2.05) is 12.3 Å². The molecule has 138 valence electrons. The molecule has 9 heteroatoms. The minimum absolute atomic E-state index is 0.0251. The molecule has 0 spiro atoms. The Hall–Kier alpha value is -2.36. The van der Waals surface area contributed by atoms with Crippen LogP contribution in [0.1, 0.15) is 5.56 Å². The van der Waals surface area contributed by atoms with E-state index in [4.69, 9.17) is 5.14 Å². The second kappa shape index (κ2) is 8.84. The summed E-state index contributed by atoms with van der Waals surface area (Å²) in [4.78, 5) is 24.8. The number of rotatable bonds is 6. The summed E-state index contributed by atoms with van der Waals surface area (Å²) in [6.45, 7) is 0.242. The van der Waals surface area contributed by atoms with Gasteiger partial charge in [0, 0.05) is 17.1 Å². The topological polar surface area (TPSA) is 118 Å². The van der Waals surface area contributed by atoms with E-state index >= 15 is 0 Å². The molecule has 7 nitrogen and oxygen atoms in total. The van der Waals surface area contributed by atoms with Crippen LogP contribution in [0.5, 0.6) is 0 Å². The van der Waals surface area contributed by atoms with Gasteiger partial charge in [-0.3, -0.25) is 9.59 Å². The highest BCUT2D eigenvalue weighted by molar-refractivity contribution is 7.98. The third-order valence-electron chi connectivity index (χ3n) is 3.48. The highest BCUT2D eigenvalue weighted by atomic mass is 32.2. The van der Waals surface area contributed by atoms with Crippen LogP contribution in [0.3, 0.4) is 0 Å². The third kappa shape index (κ3) is 5.87. The van der Waals surface area contributed by atoms with Crippen molar-refractivity contribution < 1.29 is 18.0 Å². The van der Waals surface area contributed by atoms with Crippen LogP contribution in [0.25, 0.3) is 0 Å². The van der Waals surface area contributed by atoms with Gasteiger partial charge in [-0.05, 0) is 48.6 Å². The highest BCUT2D eigenvalue weighted by Crippen LogP contribution is 2.18. The number of hydrogen-bond acceptors (Lipinski definition) is 5. The van der Waals surface area contributed by atoms with Crippen molar-refractivity contribution in [1.29, 1.82) is 0 Å². The Kier molecular flexibility index (Phi) is 6.78. The van der Waals surface area contributed by atoms with E-state index in [0.717, 1.165) is 10.5 Å². The first-order valence-corrected chi connectivity index (χ1v) is 10.4. The van der Waals surface area contributed by atoms with Gasteiger partial charge in [-0.15, -0.1) is 11.8 Å². The molecule has 0 radical (unpaired) electrons. The first kappa shape index (κ1) is 20.0. The molecule has 26 heavy (non-hydrogen) atoms. The number of primary sulfonamides is 1. The maximum atomic E-state index is 11.9. The van der Waals surface area contributed by atoms with E-state index in [1.165, 1.54) is 23.9 Å². The monoisotopic (exact) mass is 393 g/mol. The van der Waals surface area contributed by atoms with Gasteiger partial charge in [-0.25, -0.2) is 13.6 Å². The number of hydrogen-bond donors (Lipinski definition) is 3. The zero-order chi connectivity index (χ0) is 19.2. The van der Waals surface area contributed by atoms with Gasteiger partial charge in [-0.1, -0.05) is 18.2 Å². The zero-order valence-corrected chi connectivity index (χ0v) is 15.7. The Labute approximate surface area is 156 Å². The Morgan fingerprint density at radius 2 is 1.77 bits per heavy atom. The fraction of sp³-hybridized carbons (Fsp3) is 0.176. The van der Waals surface area contributed by atoms with Gasteiger partial charge < -0.3 is 10.6 Å². The minimum Gasteiger partial charge on any atom is -0.347 e. The summed E-state index contributed by atoms with van der Waals surface area (Å²) in [6, 6.07) is 13.2. The SMILES string of the molecule is CSc1cccc(NC(=O)C(=O)NCCc2ccc(S(N)(=O)=O)cc2)c1. The van der Waals surface area contributed by atoms with Gasteiger partial charge in [-0.2, -0.15) is 0 Å². The standard InChI is InChI=1S/C17H19N3O4S2/c1-25-14-4-2-3-13(11-14)20-17(22)16(21)19-10-9-12-5-7-15(8-6-12)26(18,23)24/h2-8,11H,9-10H2,1H3,(H,19,21)(H,20,22)(H2,18,23,24). The van der Waals surface area contributed by atoms with E-state index in [0.29, 0.717) is 12.1 Å². The maximum absolute atomic E-state index is 11.9. The molecule has 2 aromatic carbocycles. The number of carbonyl (C=O) groups excluding carboxylic acids is 2. The Morgan fingerprint density at radius 1 is 1.08 bits per heavy atom. The van der Waals surface area contributed by atoms with Gasteiger partial charge in [0.25, 0.3) is 0 Å². The van der Waals surface area contributed by atoms with Gasteiger partial charge in [0.1, 0.15) is 0 Å². The second-order valence-corrected chi connectivity index (χ2v) is 7.82. The molecule has 0 aliphatic carbocycles. The summed E-state index contributed by atoms with van der Waals surface area (Å²) in [6.07, 6.45) is 2.37. The molecule has 0 saturated carbocycles. The Morgan fingerprint density at radius 3 is 2.38 bits per heavy atom. The van der Waals surface area contributed by atoms with Crippen LogP contribution in [-0.4, -0.2) is 33.0 Å². The fourth-order valence-electron chi connectivity index (χ4n) is 2.14. The smallest absolute Gasteiger partial charge is 0.313 e. The average molecular weight is 393 g/mol. The largest absolute Gasteiger partial charge is 0.347 e. The normalized spacial score (nSPS) is 11.0. The van der Waals surface area contributed by atoms with Crippen LogP contribution in [0, 0.1) is 0 Å². The van der Waals surface area contributed by atoms with Crippen molar-refractivity contribution in [2.45, 2.75) is 16.2 Å². The number of thioether (sulfide) groups is 1. The summed E-state index contributed by atoms with van der Waals surface area (Å²) >= 11 is 1.54. The molecule has 0 fully saturated rings. The van der Waals surface area contributed by atoms with Crippen LogP contribution < -0.4 is 15.8 Å². The molecule has 4 N–H and O–H groups in total. The zero-order valence-electron chi connectivity index (χ0n) is 14.1. The van der Waals surface area contributed by atoms with Crippen LogP contribution in [0.15, 0.2) is 58.3 Å². The van der Waals surface area contributed by atoms with E-state index in [1.54, 1.807) is 30.3 Å². The van der Waals surface area contributed by atoms with Gasteiger partial charge in [0.05, 0.1) is 4.90 Å². The van der Waals surface area contributed by atoms with Crippen molar-refractivity contribution in [2.75, 3.05) is 18.1 Å². The van der Waals surface area contributed by atoms with E-state index in [9.17, 15) is 18.0 Å². The maximum Gasteiger partial charge on any atom is 0.313 e. The molecule has 2 amide bonds. The summed E-state index contributed by atoms with van der Waals surface area (Å²) in [7, 11) is -3.72. The first-order valence-electron chi connectivity index (χ1n) is 7.64. The van der Waals surface area contributed by atoms with E-state index < -0.39 is 21.8 Å². The molecule has 0 saturated heterocycles. The molecule has 2 rings (SSSR count). The summed E-state index contributed by atoms with van der Waals surface area (Å²) in [5, 5.41) is 10.1. The molecule has 0 aromatic heterocycles. The molecule has 0 aliphatic heterocycles. The number of nitrogens with one attached hydrogen (secondary N) is 2. The average Bonchev–Trinajstić information content (AvgIpc) is 2.61. The molecular formula is C17H19N3O4S2. The number of benzene rings is 2. The summed E-state index contributed by atoms with van der Waals surface area (Å²) < 4.78 is 22.4. The molecule has 0 heterocycles. The van der Waals surface area contributed by atoms with Crippen LogP contribution in [0.4, 0.5) is 5.69 Å². The molecule has 0 bridgehead atoms. The molecule has 0 unspecified atom stereocenters. The highest BCUT2D eigenvalue weighted by Gasteiger charge is 2.13. The lowest BCUT2D eigenvalue weighted by atomic mass is 10.1. The van der Waals surface area contributed by atoms with E-state index in [2.05, 4.69) is 10.6 Å². The van der Waals surface area contributed by atoms with E-state index in [-0.39, 0.29) is 11.4 Å². The van der Waals surface area contributed by atoms with Gasteiger partial charge >= 0.3 is 11.8 Å². The van der Waals surface area contributed by atoms with Crippen LogP contribution in [-0.2, 0) is 26.0 Å². The predicted molar refractivity (Wildman–Crippen MR) is 101 cm³/mol. The molecular weight excluding hydrogens is 374 g/mol. The van der Waals surface area contributed by atoms with Gasteiger partial charge in [0.2, 0.25) is 10.0 Å². The second-order valence-electron chi connectivity index (χ2n) is 5.38. The van der Waals surface area contributed by atoms with Crippen LogP contribution in [0.2, 0.25) is 0 Å². The lowest BCUT2D eigenvalue weighted by molar-refractivity contribution is -0.136. The lowest BCUT2D eigenvalue weighted by Gasteiger charge is -2.08. The Balaban J connectivity index is 1.83. The number of amides is 2. The quantitative estimate of drug-likeness (QED) is 0.506. The van der Waals surface area contributed by atoms with Crippen molar-refractivity contribution in [3.63, 3.8) is 0 Å². The lowest BCUT2D eigenvalue weighted by Crippen LogP contribution is -2.36. The number of nitrogens with two attached hydrogens (primary N) is 1. The van der Waals surface area contributed by atoms with Crippen molar-refractivity contribution >= 4 is 39.3 Å². The van der Waals surface area contributed by atoms with Crippen molar-refractivity contribution in [2.24, 2.45) is 5.14 Å². The fourth-order valence-corrected chi connectivity index (χ4v) is 3.11. The van der Waals surface area contributed by atoms with Crippen molar-refractivity contribution in [3.8, 4) is 0 Å². The third-order valence-corrected chi connectivity index (χ3v) is 5.14. The van der Waals surface area contributed by atoms with Gasteiger partial charge in [0.15, 0.2) is 0 Å². The van der Waals surface area contributed by atoms with Crippen molar-refractivity contribution in [1.82, 2.24) is 5.32 Å². The number of anilines is 1. The Bertz CT molecular complexity index is 896. The number of carbonyl (C=O) groups is 2. The van der Waals surface area contributed by atoms with Crippen LogP contribution >= 0.6 is 11.8 Å². The van der Waals surface area contributed by atoms with Crippen molar-refractivity contribution in [3.05, 3.63) is 54.1 Å². The summed E-state index contributed by atoms with van der Waals surface area (Å²) in [5.74, 6) is -1.48.